The molecule has 0 unspecified atom stereocenters. The lowest BCUT2D eigenvalue weighted by atomic mass is 9.98. The Balaban J connectivity index is 1.47. The van der Waals surface area contributed by atoms with Crippen LogP contribution in [0.25, 0.3) is 11.1 Å². The fourth-order valence-electron chi connectivity index (χ4n) is 3.68. The van der Waals surface area contributed by atoms with Crippen molar-refractivity contribution in [3.8, 4) is 11.1 Å². The Morgan fingerprint density at radius 1 is 1.04 bits per heavy atom. The van der Waals surface area contributed by atoms with Crippen molar-refractivity contribution in [2.75, 3.05) is 6.61 Å². The van der Waals surface area contributed by atoms with Gasteiger partial charge in [-0.25, -0.2) is 4.79 Å². The van der Waals surface area contributed by atoms with Gasteiger partial charge >= 0.3 is 12.1 Å². The van der Waals surface area contributed by atoms with E-state index in [4.69, 9.17) is 14.3 Å². The fraction of sp³-hybridized carbons (Fsp3) is 0.182. The van der Waals surface area contributed by atoms with Gasteiger partial charge in [0.15, 0.2) is 0 Å². The molecule has 0 radical (unpaired) electrons. The minimum absolute atomic E-state index is 0.0509. The molecule has 28 heavy (non-hydrogen) atoms. The Kier molecular flexibility index (Phi) is 4.85. The second-order valence-electron chi connectivity index (χ2n) is 6.68. The van der Waals surface area contributed by atoms with E-state index in [2.05, 4.69) is 17.4 Å². The summed E-state index contributed by atoms with van der Waals surface area (Å²) in [7, 11) is 0. The Hall–Kier alpha value is -3.54. The zero-order valence-electron chi connectivity index (χ0n) is 15.0. The molecule has 2 N–H and O–H groups in total. The summed E-state index contributed by atoms with van der Waals surface area (Å²) < 4.78 is 10.5. The van der Waals surface area contributed by atoms with Crippen molar-refractivity contribution in [1.82, 2.24) is 5.32 Å². The Labute approximate surface area is 161 Å². The highest BCUT2D eigenvalue weighted by molar-refractivity contribution is 5.79. The van der Waals surface area contributed by atoms with Gasteiger partial charge in [0, 0.05) is 11.5 Å². The summed E-state index contributed by atoms with van der Waals surface area (Å²) in [5.74, 6) is -1.07. The van der Waals surface area contributed by atoms with Crippen molar-refractivity contribution >= 4 is 12.1 Å². The smallest absolute Gasteiger partial charge is 0.407 e. The number of carboxylic acid groups (broad SMARTS) is 1. The van der Waals surface area contributed by atoms with Crippen LogP contribution in [0.2, 0.25) is 0 Å². The highest BCUT2D eigenvalue weighted by Crippen LogP contribution is 2.44. The first-order valence-electron chi connectivity index (χ1n) is 8.99. The first-order valence-corrected chi connectivity index (χ1v) is 8.99. The highest BCUT2D eigenvalue weighted by atomic mass is 16.5. The van der Waals surface area contributed by atoms with Gasteiger partial charge in [-0.3, -0.25) is 4.79 Å². The number of amides is 1. The normalized spacial score (nSPS) is 13.4. The summed E-state index contributed by atoms with van der Waals surface area (Å²) in [5, 5.41) is 11.7. The molecule has 1 aliphatic carbocycles. The summed E-state index contributed by atoms with van der Waals surface area (Å²) >= 11 is 0. The van der Waals surface area contributed by atoms with E-state index in [-0.39, 0.29) is 18.9 Å². The van der Waals surface area contributed by atoms with Gasteiger partial charge in [0.1, 0.15) is 6.61 Å². The maximum atomic E-state index is 12.4. The molecule has 4 rings (SSSR count). The highest BCUT2D eigenvalue weighted by Gasteiger charge is 2.29. The van der Waals surface area contributed by atoms with Crippen molar-refractivity contribution in [2.24, 2.45) is 0 Å². The molecule has 0 bridgehead atoms. The lowest BCUT2D eigenvalue weighted by Crippen LogP contribution is -2.31. The lowest BCUT2D eigenvalue weighted by Gasteiger charge is -2.18. The van der Waals surface area contributed by atoms with Crippen LogP contribution in [0.3, 0.4) is 0 Å². The van der Waals surface area contributed by atoms with Gasteiger partial charge < -0.3 is 19.6 Å². The monoisotopic (exact) mass is 377 g/mol. The molecule has 6 nitrogen and oxygen atoms in total. The topological polar surface area (TPSA) is 88.8 Å². The number of carbonyl (C=O) groups is 2. The third kappa shape index (κ3) is 3.49. The SMILES string of the molecule is O=C(O)C[C@H](NC(=O)OCC1c2ccccc2-c2ccccc21)c1ccoc1. The van der Waals surface area contributed by atoms with Crippen LogP contribution < -0.4 is 5.32 Å². The maximum absolute atomic E-state index is 12.4. The average molecular weight is 377 g/mol. The average Bonchev–Trinajstić information content (AvgIpc) is 3.32. The zero-order chi connectivity index (χ0) is 19.5. The van der Waals surface area contributed by atoms with Crippen LogP contribution in [-0.4, -0.2) is 23.8 Å². The van der Waals surface area contributed by atoms with Gasteiger partial charge in [-0.15, -0.1) is 0 Å². The van der Waals surface area contributed by atoms with E-state index in [1.165, 1.54) is 12.5 Å². The predicted molar refractivity (Wildman–Crippen MR) is 102 cm³/mol. The van der Waals surface area contributed by atoms with Gasteiger partial charge in [0.25, 0.3) is 0 Å². The first kappa shape index (κ1) is 17.9. The molecule has 1 aliphatic rings. The number of hydrogen-bond donors (Lipinski definition) is 2. The van der Waals surface area contributed by atoms with Gasteiger partial charge in [-0.1, -0.05) is 48.5 Å². The number of benzene rings is 2. The van der Waals surface area contributed by atoms with Crippen molar-refractivity contribution in [2.45, 2.75) is 18.4 Å². The molecule has 3 aromatic rings. The van der Waals surface area contributed by atoms with E-state index in [9.17, 15) is 9.59 Å². The van der Waals surface area contributed by atoms with Crippen molar-refractivity contribution < 1.29 is 23.8 Å². The summed E-state index contributed by atoms with van der Waals surface area (Å²) in [6.45, 7) is 0.172. The Bertz CT molecular complexity index is 950. The van der Waals surface area contributed by atoms with Crippen LogP contribution in [0.1, 0.15) is 35.1 Å². The first-order chi connectivity index (χ1) is 13.6. The fourth-order valence-corrected chi connectivity index (χ4v) is 3.68. The minimum Gasteiger partial charge on any atom is -0.481 e. The Morgan fingerprint density at radius 2 is 1.68 bits per heavy atom. The molecule has 0 fully saturated rings. The van der Waals surface area contributed by atoms with Crippen molar-refractivity contribution in [1.29, 1.82) is 0 Å². The Morgan fingerprint density at radius 3 is 2.25 bits per heavy atom. The number of nitrogens with one attached hydrogen (secondary N) is 1. The largest absolute Gasteiger partial charge is 0.481 e. The number of carbonyl (C=O) groups excluding carboxylic acids is 1. The molecular weight excluding hydrogens is 358 g/mol. The van der Waals surface area contributed by atoms with E-state index >= 15 is 0 Å². The van der Waals surface area contributed by atoms with Crippen LogP contribution in [0, 0.1) is 0 Å². The standard InChI is InChI=1S/C22H19NO5/c24-21(25)11-20(14-9-10-27-12-14)23-22(26)28-13-19-17-7-3-1-5-15(17)16-6-2-4-8-18(16)19/h1-10,12,19-20H,11,13H2,(H,23,26)(H,24,25)/t20-/m0/s1. The molecule has 1 atom stereocenters. The van der Waals surface area contributed by atoms with E-state index in [0.717, 1.165) is 22.3 Å². The maximum Gasteiger partial charge on any atom is 0.407 e. The molecule has 2 aromatic carbocycles. The summed E-state index contributed by atoms with van der Waals surface area (Å²) in [6, 6.07) is 17.1. The number of furan rings is 1. The molecular formula is C22H19NO5. The van der Waals surface area contributed by atoms with Crippen molar-refractivity contribution in [3.05, 3.63) is 83.8 Å². The lowest BCUT2D eigenvalue weighted by molar-refractivity contribution is -0.137. The third-order valence-corrected chi connectivity index (χ3v) is 4.96. The molecule has 1 amide bonds. The second kappa shape index (κ2) is 7.60. The second-order valence-corrected chi connectivity index (χ2v) is 6.68. The van der Waals surface area contributed by atoms with Crippen LogP contribution in [0.5, 0.6) is 0 Å². The van der Waals surface area contributed by atoms with Crippen LogP contribution in [0.4, 0.5) is 4.79 Å². The van der Waals surface area contributed by atoms with Crippen molar-refractivity contribution in [3.63, 3.8) is 0 Å². The number of ether oxygens (including phenoxy) is 1. The molecule has 0 aliphatic heterocycles. The van der Waals surface area contributed by atoms with E-state index in [0.29, 0.717) is 5.56 Å². The number of aliphatic carboxylic acids is 1. The molecule has 142 valence electrons. The van der Waals surface area contributed by atoms with Gasteiger partial charge in [0.05, 0.1) is 25.0 Å². The van der Waals surface area contributed by atoms with E-state index in [1.807, 2.05) is 36.4 Å². The minimum atomic E-state index is -1.02. The zero-order valence-corrected chi connectivity index (χ0v) is 15.0. The van der Waals surface area contributed by atoms with Crippen LogP contribution >= 0.6 is 0 Å². The number of fused-ring (bicyclic) bond motifs is 3. The predicted octanol–water partition coefficient (Wildman–Crippen LogP) is 4.33. The summed E-state index contributed by atoms with van der Waals surface area (Å²) in [4.78, 5) is 23.5. The van der Waals surface area contributed by atoms with Gasteiger partial charge in [0.2, 0.25) is 0 Å². The molecule has 0 saturated heterocycles. The molecule has 0 spiro atoms. The quantitative estimate of drug-likeness (QED) is 0.667. The van der Waals surface area contributed by atoms with Gasteiger partial charge in [-0.05, 0) is 28.3 Å². The van der Waals surface area contributed by atoms with E-state index < -0.39 is 18.1 Å². The van der Waals surface area contributed by atoms with E-state index in [1.54, 1.807) is 6.07 Å². The number of rotatable bonds is 6. The van der Waals surface area contributed by atoms with Gasteiger partial charge in [-0.2, -0.15) is 0 Å². The molecule has 1 aromatic heterocycles. The number of alkyl carbamates (subject to hydrolysis) is 1. The molecule has 1 heterocycles. The number of hydrogen-bond acceptors (Lipinski definition) is 4. The van der Waals surface area contributed by atoms with Crippen LogP contribution in [0.15, 0.2) is 71.5 Å². The summed E-state index contributed by atoms with van der Waals surface area (Å²) in [5.41, 5.74) is 5.11. The van der Waals surface area contributed by atoms with Crippen LogP contribution in [-0.2, 0) is 9.53 Å². The third-order valence-electron chi connectivity index (χ3n) is 4.96. The number of carboxylic acids is 1. The molecule has 0 saturated carbocycles. The molecule has 6 heteroatoms. The summed E-state index contributed by atoms with van der Waals surface area (Å²) in [6.07, 6.45) is 1.93.